The Balaban J connectivity index is 0.000000181. The maximum Gasteiger partial charge on any atom is 0.408 e. The van der Waals surface area contributed by atoms with Crippen molar-refractivity contribution in [1.29, 1.82) is 0 Å². The second-order valence-electron chi connectivity index (χ2n) is 26.3. The Labute approximate surface area is 623 Å². The summed E-state index contributed by atoms with van der Waals surface area (Å²) in [7, 11) is 10.0. The highest BCUT2D eigenvalue weighted by atomic mass is 33.1. The molecule has 0 bridgehead atoms. The molecule has 13 rings (SSSR count). The largest absolute Gasteiger partial charge is 0.467 e. The van der Waals surface area contributed by atoms with Crippen LogP contribution in [0.4, 0.5) is 18.4 Å². The second-order valence-corrected chi connectivity index (χ2v) is 31.1. The van der Waals surface area contributed by atoms with Crippen molar-refractivity contribution < 1.29 is 47.0 Å². The third-order valence-electron chi connectivity index (χ3n) is 18.1. The standard InChI is InChI=1S/2C33H37FN4O3S2.C15H12O2.CH4/c2*1-21(2)17-29(37-33(40)41-15-16-42-43-30-9-4-5-14-36-30)38-27-19-24(34)18-26-28(39)8-6-7-25(31(26)27)32(38)23-12-10-22(11-13-23)20-35-3;16-10-17-9-15-13-7-3-1-5-11(13)12-6-2-4-8-14(12)15;/h2*4-5,9-14,18-19,21,29,35H,6-8,15-17,20H2,1-3H3,(H,37,40);1-8,10,15H,9H2;1H4. The molecule has 6 aromatic carbocycles. The number of rotatable bonds is 27. The van der Waals surface area contributed by atoms with Gasteiger partial charge in [-0.15, -0.1) is 0 Å². The lowest BCUT2D eigenvalue weighted by Crippen LogP contribution is -2.34. The smallest absolute Gasteiger partial charge is 0.408 e. The van der Waals surface area contributed by atoms with E-state index in [-0.39, 0.29) is 50.0 Å². The fourth-order valence-electron chi connectivity index (χ4n) is 13.9. The molecule has 2 unspecified atom stereocenters. The number of pyridine rings is 2. The molecule has 10 aromatic rings. The molecular weight excluding hydrogens is 1390 g/mol. The van der Waals surface area contributed by atoms with E-state index in [1.807, 2.05) is 83.9 Å². The molecule has 22 heteroatoms. The lowest BCUT2D eigenvalue weighted by molar-refractivity contribution is -0.128. The van der Waals surface area contributed by atoms with Crippen LogP contribution in [0.1, 0.15) is 146 Å². The van der Waals surface area contributed by atoms with Gasteiger partial charge < -0.3 is 44.6 Å². The van der Waals surface area contributed by atoms with Gasteiger partial charge in [0.25, 0.3) is 6.47 Å². The van der Waals surface area contributed by atoms with Gasteiger partial charge in [-0.05, 0) is 190 Å². The summed E-state index contributed by atoms with van der Waals surface area (Å²) in [4.78, 5) is 71.5. The number of aromatic nitrogens is 4. The number of nitrogens with one attached hydrogen (secondary N) is 4. The molecule has 104 heavy (non-hydrogen) atoms. The van der Waals surface area contributed by atoms with Crippen LogP contribution in [0.3, 0.4) is 0 Å². The monoisotopic (exact) mass is 1480 g/mol. The molecule has 2 atom stereocenters. The Morgan fingerprint density at radius 2 is 0.971 bits per heavy atom. The highest BCUT2D eigenvalue weighted by Gasteiger charge is 2.34. The predicted octanol–water partition coefficient (Wildman–Crippen LogP) is 19.2. The second kappa shape index (κ2) is 37.8. The van der Waals surface area contributed by atoms with E-state index in [2.05, 4.69) is 132 Å². The van der Waals surface area contributed by atoms with Crippen molar-refractivity contribution >= 4 is 95.2 Å². The molecule has 0 spiro atoms. The van der Waals surface area contributed by atoms with Crippen molar-refractivity contribution in [3.05, 3.63) is 226 Å². The first-order chi connectivity index (χ1) is 50.1. The molecule has 0 saturated heterocycles. The summed E-state index contributed by atoms with van der Waals surface area (Å²) in [5.41, 5.74) is 15.1. The molecule has 0 aliphatic heterocycles. The molecule has 0 fully saturated rings. The number of carbonyl (C=O) groups is 5. The molecule has 4 N–H and O–H groups in total. The Hall–Kier alpha value is -8.77. The molecule has 3 aliphatic carbocycles. The van der Waals surface area contributed by atoms with E-state index >= 15 is 8.78 Å². The quantitative estimate of drug-likeness (QED) is 0.0164. The lowest BCUT2D eigenvalue weighted by atomic mass is 9.98. The maximum atomic E-state index is 15.1. The summed E-state index contributed by atoms with van der Waals surface area (Å²) < 4.78 is 50.4. The molecule has 16 nitrogen and oxygen atoms in total. The van der Waals surface area contributed by atoms with Crippen LogP contribution in [0.5, 0.6) is 0 Å². The van der Waals surface area contributed by atoms with Crippen LogP contribution in [0, 0.1) is 23.5 Å². The summed E-state index contributed by atoms with van der Waals surface area (Å²) in [5.74, 6) is 0.763. The number of ether oxygens (including phenoxy) is 3. The minimum atomic E-state index is -0.535. The van der Waals surface area contributed by atoms with Crippen LogP contribution in [-0.4, -0.2) is 94.7 Å². The van der Waals surface area contributed by atoms with Gasteiger partial charge in [-0.2, -0.15) is 0 Å². The number of aryl methyl sites for hydroxylation is 2. The minimum Gasteiger partial charge on any atom is -0.467 e. The molecule has 2 amide bonds. The summed E-state index contributed by atoms with van der Waals surface area (Å²) in [5, 5.41) is 15.9. The van der Waals surface area contributed by atoms with E-state index in [9.17, 15) is 24.0 Å². The van der Waals surface area contributed by atoms with Crippen LogP contribution < -0.4 is 21.3 Å². The normalized spacial score (nSPS) is 13.5. The van der Waals surface area contributed by atoms with Gasteiger partial charge in [-0.1, -0.05) is 166 Å². The topological polar surface area (TPSA) is 197 Å². The Kier molecular flexibility index (Phi) is 28.3. The Morgan fingerprint density at radius 1 is 0.558 bits per heavy atom. The number of halogens is 2. The first-order valence-electron chi connectivity index (χ1n) is 34.9. The van der Waals surface area contributed by atoms with E-state index in [1.54, 1.807) is 34.0 Å². The third-order valence-corrected chi connectivity index (χ3v) is 22.5. The summed E-state index contributed by atoms with van der Waals surface area (Å²) in [6.07, 6.45) is 6.06. The van der Waals surface area contributed by atoms with Crippen LogP contribution >= 0.6 is 43.2 Å². The number of hydrogen-bond donors (Lipinski definition) is 4. The highest BCUT2D eigenvalue weighted by Crippen LogP contribution is 2.47. The van der Waals surface area contributed by atoms with E-state index in [4.69, 9.17) is 14.2 Å². The SMILES string of the molecule is C.CNCc1ccc(-c2c3c4c(cc(F)cc4n2C(CC(C)C)NC(=O)OCCSSc2ccccn2)C(=O)CCC3)cc1.CNCc1ccc(-c2c3c4c(cc(F)cc4n2C(CC(C)C)NC(=O)OCCSSc2ccccn2)C(=O)CCC3)cc1.O=COCC1c2ccccc2-c2ccccc21. The van der Waals surface area contributed by atoms with Crippen molar-refractivity contribution in [1.82, 2.24) is 40.4 Å². The number of carbonyl (C=O) groups excluding carboxylic acids is 5. The fourth-order valence-corrected chi connectivity index (χ4v) is 17.3. The van der Waals surface area contributed by atoms with Crippen LogP contribution in [0.15, 0.2) is 180 Å². The number of ketones is 2. The van der Waals surface area contributed by atoms with Gasteiger partial charge >= 0.3 is 12.2 Å². The molecule has 544 valence electrons. The molecule has 3 aliphatic rings. The van der Waals surface area contributed by atoms with Crippen molar-refractivity contribution in [2.24, 2.45) is 11.8 Å². The average molecular weight is 1480 g/mol. The number of alkyl carbamates (subject to hydrolysis) is 2. The number of amides is 2. The fraction of sp³-hybridized carbons (Fsp3) is 0.329. The number of Topliss-reactive ketones (excluding diaryl/α,β-unsaturated/α-hetero) is 2. The predicted molar refractivity (Wildman–Crippen MR) is 418 cm³/mol. The molecular formula is C82H90F2N8O8S4. The molecule has 0 saturated carbocycles. The Bertz CT molecular complexity index is 4300. The van der Waals surface area contributed by atoms with Gasteiger partial charge in [-0.3, -0.25) is 14.4 Å². The van der Waals surface area contributed by atoms with Crippen molar-refractivity contribution in [2.45, 2.75) is 128 Å². The van der Waals surface area contributed by atoms with Gasteiger partial charge in [0.1, 0.15) is 53.8 Å². The zero-order valence-electron chi connectivity index (χ0n) is 58.7. The number of hydrogen-bond acceptors (Lipinski definition) is 16. The maximum absolute atomic E-state index is 15.1. The van der Waals surface area contributed by atoms with Gasteiger partial charge in [0, 0.05) is 77.6 Å². The number of nitrogens with zero attached hydrogens (tertiary/aromatic N) is 4. The lowest BCUT2D eigenvalue weighted by Gasteiger charge is -2.26. The summed E-state index contributed by atoms with van der Waals surface area (Å²) in [6, 6.07) is 50.3. The van der Waals surface area contributed by atoms with Crippen LogP contribution in [0.25, 0.3) is 55.4 Å². The van der Waals surface area contributed by atoms with Crippen molar-refractivity contribution in [2.75, 3.05) is 45.4 Å². The molecule has 4 aromatic heterocycles. The zero-order valence-corrected chi connectivity index (χ0v) is 61.9. The van der Waals surface area contributed by atoms with Crippen molar-refractivity contribution in [3.8, 4) is 33.6 Å². The van der Waals surface area contributed by atoms with Gasteiger partial charge in [0.05, 0.1) is 22.4 Å². The van der Waals surface area contributed by atoms with Gasteiger partial charge in [-0.25, -0.2) is 28.3 Å². The van der Waals surface area contributed by atoms with Crippen molar-refractivity contribution in [3.63, 3.8) is 0 Å². The third kappa shape index (κ3) is 19.2. The minimum absolute atomic E-state index is 0. The summed E-state index contributed by atoms with van der Waals surface area (Å²) >= 11 is 0. The number of benzene rings is 6. The number of fused-ring (bicyclic) bond motifs is 3. The average Bonchev–Trinajstić information content (AvgIpc) is 1.55. The van der Waals surface area contributed by atoms with Gasteiger partial charge in [0.2, 0.25) is 0 Å². The van der Waals surface area contributed by atoms with Crippen LogP contribution in [-0.2, 0) is 44.9 Å². The van der Waals surface area contributed by atoms with Gasteiger partial charge in [0.15, 0.2) is 11.6 Å². The van der Waals surface area contributed by atoms with E-state index < -0.39 is 36.2 Å². The van der Waals surface area contributed by atoms with Crippen LogP contribution in [0.2, 0.25) is 0 Å². The highest BCUT2D eigenvalue weighted by molar-refractivity contribution is 8.77. The first kappa shape index (κ1) is 77.8. The van der Waals surface area contributed by atoms with E-state index in [1.165, 1.54) is 68.1 Å². The van der Waals surface area contributed by atoms with E-state index in [0.29, 0.717) is 98.1 Å². The Morgan fingerprint density at radius 3 is 1.36 bits per heavy atom. The molecule has 0 radical (unpaired) electrons. The van der Waals surface area contributed by atoms with E-state index in [0.717, 1.165) is 78.7 Å². The first-order valence-corrected chi connectivity index (χ1v) is 39.5. The zero-order chi connectivity index (χ0) is 72.4. The molecule has 4 heterocycles. The summed E-state index contributed by atoms with van der Waals surface area (Å²) in [6.45, 7) is 11.2.